The van der Waals surface area contributed by atoms with Crippen molar-refractivity contribution in [1.29, 1.82) is 0 Å². The van der Waals surface area contributed by atoms with E-state index >= 15 is 0 Å². The highest BCUT2D eigenvalue weighted by Gasteiger charge is 2.27. The lowest BCUT2D eigenvalue weighted by Crippen LogP contribution is -2.41. The SMILES string of the molecule is O=S1CCN(S(=O)(=O)c2cccc(CCl)c2)CC1. The highest BCUT2D eigenvalue weighted by Crippen LogP contribution is 2.19. The minimum absolute atomic E-state index is 0.258. The molecule has 7 heteroatoms. The predicted octanol–water partition coefficient (Wildman–Crippen LogP) is 1.18. The average Bonchev–Trinajstić information content (AvgIpc) is 2.39. The van der Waals surface area contributed by atoms with Crippen molar-refractivity contribution in [3.8, 4) is 0 Å². The summed E-state index contributed by atoms with van der Waals surface area (Å²) < 4.78 is 37.3. The molecule has 1 aromatic carbocycles. The molecule has 2 rings (SSSR count). The van der Waals surface area contributed by atoms with E-state index in [1.165, 1.54) is 4.31 Å². The van der Waals surface area contributed by atoms with Gasteiger partial charge in [0.05, 0.1) is 4.90 Å². The third-order valence-electron chi connectivity index (χ3n) is 2.83. The third-order valence-corrected chi connectivity index (χ3v) is 6.31. The van der Waals surface area contributed by atoms with E-state index in [1.807, 2.05) is 0 Å². The Morgan fingerprint density at radius 3 is 2.56 bits per heavy atom. The molecule has 18 heavy (non-hydrogen) atoms. The minimum atomic E-state index is -3.48. The molecule has 0 radical (unpaired) electrons. The van der Waals surface area contributed by atoms with Crippen LogP contribution < -0.4 is 0 Å². The van der Waals surface area contributed by atoms with E-state index in [1.54, 1.807) is 24.3 Å². The lowest BCUT2D eigenvalue weighted by atomic mass is 10.2. The quantitative estimate of drug-likeness (QED) is 0.788. The fraction of sp³-hybridized carbons (Fsp3) is 0.455. The Morgan fingerprint density at radius 2 is 1.94 bits per heavy atom. The van der Waals surface area contributed by atoms with Crippen LogP contribution in [0, 0.1) is 0 Å². The standard InChI is InChI=1S/C11H14ClNO3S2/c12-9-10-2-1-3-11(8-10)18(15,16)13-4-6-17(14)7-5-13/h1-3,8H,4-7,9H2. The third kappa shape index (κ3) is 2.93. The Hall–Kier alpha value is -0.430. The van der Waals surface area contributed by atoms with Crippen molar-refractivity contribution >= 4 is 32.4 Å². The molecule has 0 spiro atoms. The van der Waals surface area contributed by atoms with E-state index in [0.29, 0.717) is 24.6 Å². The fourth-order valence-corrected chi connectivity index (χ4v) is 4.76. The number of benzene rings is 1. The van der Waals surface area contributed by atoms with Gasteiger partial charge in [-0.25, -0.2) is 8.42 Å². The number of rotatable bonds is 3. The van der Waals surface area contributed by atoms with Crippen LogP contribution in [0.2, 0.25) is 0 Å². The monoisotopic (exact) mass is 307 g/mol. The zero-order valence-corrected chi connectivity index (χ0v) is 12.1. The Bertz CT molecular complexity index is 549. The van der Waals surface area contributed by atoms with Gasteiger partial charge in [0.2, 0.25) is 10.0 Å². The van der Waals surface area contributed by atoms with Crippen LogP contribution in [0.4, 0.5) is 0 Å². The van der Waals surface area contributed by atoms with Crippen molar-refractivity contribution in [2.45, 2.75) is 10.8 Å². The van der Waals surface area contributed by atoms with E-state index in [9.17, 15) is 12.6 Å². The maximum atomic E-state index is 12.3. The van der Waals surface area contributed by atoms with Crippen molar-refractivity contribution in [2.75, 3.05) is 24.6 Å². The van der Waals surface area contributed by atoms with Gasteiger partial charge < -0.3 is 0 Å². The van der Waals surface area contributed by atoms with Crippen molar-refractivity contribution in [3.63, 3.8) is 0 Å². The number of alkyl halides is 1. The molecular weight excluding hydrogens is 294 g/mol. The molecule has 0 atom stereocenters. The molecular formula is C11H14ClNO3S2. The van der Waals surface area contributed by atoms with E-state index in [2.05, 4.69) is 0 Å². The first-order valence-electron chi connectivity index (χ1n) is 5.54. The molecule has 1 aliphatic heterocycles. The van der Waals surface area contributed by atoms with Crippen LogP contribution in [0.15, 0.2) is 29.2 Å². The van der Waals surface area contributed by atoms with E-state index in [4.69, 9.17) is 11.6 Å². The first-order chi connectivity index (χ1) is 8.54. The largest absolute Gasteiger partial charge is 0.259 e. The van der Waals surface area contributed by atoms with Gasteiger partial charge in [0.1, 0.15) is 0 Å². The Balaban J connectivity index is 2.27. The van der Waals surface area contributed by atoms with Crippen LogP contribution in [-0.4, -0.2) is 41.5 Å². The first kappa shape index (κ1) is 14.0. The van der Waals surface area contributed by atoms with Crippen LogP contribution in [0.1, 0.15) is 5.56 Å². The predicted molar refractivity (Wildman–Crippen MR) is 72.6 cm³/mol. The summed E-state index contributed by atoms with van der Waals surface area (Å²) in [4.78, 5) is 0.258. The molecule has 1 saturated heterocycles. The van der Waals surface area contributed by atoms with Gasteiger partial charge >= 0.3 is 0 Å². The molecule has 4 nitrogen and oxygen atoms in total. The van der Waals surface area contributed by atoms with Crippen molar-refractivity contribution in [2.24, 2.45) is 0 Å². The average molecular weight is 308 g/mol. The molecule has 0 N–H and O–H groups in total. The van der Waals surface area contributed by atoms with Gasteiger partial charge in [-0.15, -0.1) is 11.6 Å². The second-order valence-corrected chi connectivity index (χ2v) is 7.93. The van der Waals surface area contributed by atoms with Crippen LogP contribution in [0.5, 0.6) is 0 Å². The van der Waals surface area contributed by atoms with Gasteiger partial charge in [0.15, 0.2) is 0 Å². The maximum absolute atomic E-state index is 12.3. The minimum Gasteiger partial charge on any atom is -0.259 e. The normalized spacial score (nSPS) is 18.9. The summed E-state index contributed by atoms with van der Waals surface area (Å²) in [7, 11) is -4.36. The molecule has 1 heterocycles. The first-order valence-corrected chi connectivity index (χ1v) is 9.00. The molecule has 1 aromatic rings. The fourth-order valence-electron chi connectivity index (χ4n) is 1.80. The second kappa shape index (κ2) is 5.69. The molecule has 0 amide bonds. The maximum Gasteiger partial charge on any atom is 0.243 e. The summed E-state index contributed by atoms with van der Waals surface area (Å²) in [5.41, 5.74) is 0.776. The molecule has 1 aliphatic rings. The van der Waals surface area contributed by atoms with Crippen LogP contribution in [-0.2, 0) is 26.7 Å². The summed E-state index contributed by atoms with van der Waals surface area (Å²) in [6.45, 7) is 0.639. The van der Waals surface area contributed by atoms with E-state index in [0.717, 1.165) is 5.56 Å². The zero-order valence-electron chi connectivity index (χ0n) is 9.71. The van der Waals surface area contributed by atoms with Crippen molar-refractivity contribution < 1.29 is 12.6 Å². The van der Waals surface area contributed by atoms with Gasteiger partial charge in [-0.1, -0.05) is 12.1 Å². The Kier molecular flexibility index (Phi) is 4.42. The molecule has 0 unspecified atom stereocenters. The van der Waals surface area contributed by atoms with Gasteiger partial charge in [0, 0.05) is 41.3 Å². The second-order valence-electron chi connectivity index (χ2n) is 4.03. The zero-order chi connectivity index (χ0) is 13.2. The van der Waals surface area contributed by atoms with Crippen LogP contribution in [0.3, 0.4) is 0 Å². The summed E-state index contributed by atoms with van der Waals surface area (Å²) in [5, 5.41) is 0. The summed E-state index contributed by atoms with van der Waals surface area (Å²) in [6.07, 6.45) is 0. The molecule has 0 aliphatic carbocycles. The van der Waals surface area contributed by atoms with E-state index < -0.39 is 20.8 Å². The van der Waals surface area contributed by atoms with Crippen LogP contribution >= 0.6 is 11.6 Å². The lowest BCUT2D eigenvalue weighted by Gasteiger charge is -2.25. The topological polar surface area (TPSA) is 54.5 Å². The smallest absolute Gasteiger partial charge is 0.243 e. The molecule has 0 aromatic heterocycles. The van der Waals surface area contributed by atoms with Crippen LogP contribution in [0.25, 0.3) is 0 Å². The summed E-state index contributed by atoms with van der Waals surface area (Å²) >= 11 is 5.71. The summed E-state index contributed by atoms with van der Waals surface area (Å²) in [6, 6.07) is 6.63. The lowest BCUT2D eigenvalue weighted by molar-refractivity contribution is 0.438. The number of sulfonamides is 1. The summed E-state index contributed by atoms with van der Waals surface area (Å²) in [5.74, 6) is 1.11. The van der Waals surface area contributed by atoms with Gasteiger partial charge in [0.25, 0.3) is 0 Å². The Morgan fingerprint density at radius 1 is 1.28 bits per heavy atom. The molecule has 0 bridgehead atoms. The number of nitrogens with zero attached hydrogens (tertiary/aromatic N) is 1. The number of hydrogen-bond acceptors (Lipinski definition) is 3. The van der Waals surface area contributed by atoms with Crippen molar-refractivity contribution in [1.82, 2.24) is 4.31 Å². The van der Waals surface area contributed by atoms with Crippen molar-refractivity contribution in [3.05, 3.63) is 29.8 Å². The molecule has 100 valence electrons. The van der Waals surface area contributed by atoms with Gasteiger partial charge in [-0.2, -0.15) is 4.31 Å². The number of hydrogen-bond donors (Lipinski definition) is 0. The van der Waals surface area contributed by atoms with Gasteiger partial charge in [-0.05, 0) is 17.7 Å². The number of halogens is 1. The molecule has 1 fully saturated rings. The highest BCUT2D eigenvalue weighted by molar-refractivity contribution is 7.89. The Labute approximate surface area is 114 Å². The van der Waals surface area contributed by atoms with E-state index in [-0.39, 0.29) is 10.8 Å². The highest BCUT2D eigenvalue weighted by atomic mass is 35.5. The van der Waals surface area contributed by atoms with Gasteiger partial charge in [-0.3, -0.25) is 4.21 Å². The molecule has 0 saturated carbocycles.